The zero-order chi connectivity index (χ0) is 12.0. The van der Waals surface area contributed by atoms with Crippen molar-refractivity contribution in [2.24, 2.45) is 0 Å². The molecule has 0 saturated carbocycles. The second-order valence-electron chi connectivity index (χ2n) is 3.40. The highest BCUT2D eigenvalue weighted by Crippen LogP contribution is 2.25. The van der Waals surface area contributed by atoms with Crippen molar-refractivity contribution in [1.29, 1.82) is 5.26 Å². The fraction of sp³-hybridized carbons (Fsp3) is 0.417. The Bertz CT molecular complexity index is 387. The Balaban J connectivity index is 2.85. The summed E-state index contributed by atoms with van der Waals surface area (Å²) < 4.78 is 1.02. The average Bonchev–Trinajstić information content (AvgIpc) is 2.30. The molecule has 2 nitrogen and oxygen atoms in total. The molecule has 1 aromatic rings. The standard InChI is InChI=1S/C12H14BrClN2/c1-2-16(7-3-6-15)11-5-4-10(9-14)12(13)8-11/h4-5,8H,2-3,7,9H2,1H3. The number of nitrogens with zero attached hydrogens (tertiary/aromatic N) is 2. The van der Waals surface area contributed by atoms with Gasteiger partial charge < -0.3 is 4.90 Å². The second-order valence-corrected chi connectivity index (χ2v) is 4.52. The summed E-state index contributed by atoms with van der Waals surface area (Å²) in [7, 11) is 0. The Kier molecular flexibility index (Phi) is 5.65. The van der Waals surface area contributed by atoms with Gasteiger partial charge in [0.25, 0.3) is 0 Å². The Hall–Kier alpha value is -0.720. The first-order valence-electron chi connectivity index (χ1n) is 5.19. The second kappa shape index (κ2) is 6.78. The minimum Gasteiger partial charge on any atom is -0.371 e. The van der Waals surface area contributed by atoms with Crippen molar-refractivity contribution in [2.75, 3.05) is 18.0 Å². The highest BCUT2D eigenvalue weighted by atomic mass is 79.9. The molecule has 0 fully saturated rings. The molecular formula is C12H14BrClN2. The van der Waals surface area contributed by atoms with E-state index in [1.54, 1.807) is 0 Å². The van der Waals surface area contributed by atoms with E-state index in [2.05, 4.69) is 39.9 Å². The van der Waals surface area contributed by atoms with Crippen molar-refractivity contribution >= 4 is 33.2 Å². The highest BCUT2D eigenvalue weighted by molar-refractivity contribution is 9.10. The van der Waals surface area contributed by atoms with Crippen LogP contribution in [0.4, 0.5) is 5.69 Å². The third-order valence-corrected chi connectivity index (χ3v) is 3.45. The minimum absolute atomic E-state index is 0.505. The first kappa shape index (κ1) is 13.3. The molecule has 0 atom stereocenters. The molecule has 0 spiro atoms. The van der Waals surface area contributed by atoms with Crippen molar-refractivity contribution < 1.29 is 0 Å². The smallest absolute Gasteiger partial charge is 0.0640 e. The van der Waals surface area contributed by atoms with Crippen LogP contribution in [0.25, 0.3) is 0 Å². The summed E-state index contributed by atoms with van der Waals surface area (Å²) >= 11 is 9.29. The lowest BCUT2D eigenvalue weighted by Crippen LogP contribution is -2.23. The Morgan fingerprint density at radius 2 is 2.25 bits per heavy atom. The maximum atomic E-state index is 8.59. The lowest BCUT2D eigenvalue weighted by atomic mass is 10.2. The molecule has 1 aromatic carbocycles. The predicted octanol–water partition coefficient (Wildman–Crippen LogP) is 3.93. The van der Waals surface area contributed by atoms with E-state index in [0.717, 1.165) is 28.8 Å². The number of benzene rings is 1. The van der Waals surface area contributed by atoms with Crippen LogP contribution in [-0.4, -0.2) is 13.1 Å². The van der Waals surface area contributed by atoms with Gasteiger partial charge in [0, 0.05) is 29.1 Å². The largest absolute Gasteiger partial charge is 0.371 e. The number of nitriles is 1. The number of alkyl halides is 1. The summed E-state index contributed by atoms with van der Waals surface area (Å²) in [6.45, 7) is 3.74. The number of anilines is 1. The summed E-state index contributed by atoms with van der Waals surface area (Å²) in [5.41, 5.74) is 2.21. The Morgan fingerprint density at radius 3 is 2.75 bits per heavy atom. The van der Waals surface area contributed by atoms with Gasteiger partial charge in [-0.05, 0) is 24.6 Å². The van der Waals surface area contributed by atoms with Gasteiger partial charge in [0.05, 0.1) is 12.5 Å². The van der Waals surface area contributed by atoms with Crippen molar-refractivity contribution in [3.05, 3.63) is 28.2 Å². The van der Waals surface area contributed by atoms with E-state index < -0.39 is 0 Å². The monoisotopic (exact) mass is 300 g/mol. The topological polar surface area (TPSA) is 27.0 Å². The quantitative estimate of drug-likeness (QED) is 0.771. The molecule has 0 amide bonds. The van der Waals surface area contributed by atoms with Crippen molar-refractivity contribution in [3.8, 4) is 6.07 Å². The number of rotatable bonds is 5. The molecule has 0 unspecified atom stereocenters. The van der Waals surface area contributed by atoms with E-state index in [9.17, 15) is 0 Å². The third kappa shape index (κ3) is 3.40. The van der Waals surface area contributed by atoms with Gasteiger partial charge in [-0.1, -0.05) is 22.0 Å². The summed E-state index contributed by atoms with van der Waals surface area (Å²) in [5.74, 6) is 0.505. The molecule has 0 saturated heterocycles. The zero-order valence-corrected chi connectivity index (χ0v) is 11.6. The molecule has 0 heterocycles. The van der Waals surface area contributed by atoms with Crippen LogP contribution in [0.1, 0.15) is 18.9 Å². The van der Waals surface area contributed by atoms with Crippen LogP contribution in [0.15, 0.2) is 22.7 Å². The van der Waals surface area contributed by atoms with Crippen LogP contribution in [0.5, 0.6) is 0 Å². The summed E-state index contributed by atoms with van der Waals surface area (Å²) in [6, 6.07) is 8.28. The van der Waals surface area contributed by atoms with Gasteiger partial charge in [-0.3, -0.25) is 0 Å². The first-order chi connectivity index (χ1) is 7.72. The number of hydrogen-bond acceptors (Lipinski definition) is 2. The van der Waals surface area contributed by atoms with Gasteiger partial charge in [-0.25, -0.2) is 0 Å². The van der Waals surface area contributed by atoms with Crippen molar-refractivity contribution in [2.45, 2.75) is 19.2 Å². The fourth-order valence-corrected chi connectivity index (χ4v) is 2.40. The van der Waals surface area contributed by atoms with Crippen LogP contribution in [0.2, 0.25) is 0 Å². The third-order valence-electron chi connectivity index (χ3n) is 2.42. The molecule has 0 aliphatic rings. The van der Waals surface area contributed by atoms with E-state index >= 15 is 0 Å². The van der Waals surface area contributed by atoms with E-state index in [1.807, 2.05) is 12.1 Å². The highest BCUT2D eigenvalue weighted by Gasteiger charge is 2.06. The van der Waals surface area contributed by atoms with Gasteiger partial charge in [-0.15, -0.1) is 11.6 Å². The average molecular weight is 302 g/mol. The Morgan fingerprint density at radius 1 is 1.50 bits per heavy atom. The molecule has 0 bridgehead atoms. The van der Waals surface area contributed by atoms with Gasteiger partial charge in [0.1, 0.15) is 0 Å². The number of halogens is 2. The zero-order valence-electron chi connectivity index (χ0n) is 9.21. The van der Waals surface area contributed by atoms with E-state index in [0.29, 0.717) is 12.3 Å². The van der Waals surface area contributed by atoms with E-state index in [-0.39, 0.29) is 0 Å². The van der Waals surface area contributed by atoms with Gasteiger partial charge >= 0.3 is 0 Å². The normalized spacial score (nSPS) is 9.88. The van der Waals surface area contributed by atoms with Crippen LogP contribution in [-0.2, 0) is 5.88 Å². The summed E-state index contributed by atoms with van der Waals surface area (Å²) in [5, 5.41) is 8.59. The molecule has 0 aromatic heterocycles. The summed E-state index contributed by atoms with van der Waals surface area (Å²) in [4.78, 5) is 2.17. The van der Waals surface area contributed by atoms with E-state index in [4.69, 9.17) is 16.9 Å². The fourth-order valence-electron chi connectivity index (χ4n) is 1.50. The van der Waals surface area contributed by atoms with E-state index in [1.165, 1.54) is 0 Å². The lowest BCUT2D eigenvalue weighted by Gasteiger charge is -2.22. The molecule has 0 N–H and O–H groups in total. The SMILES string of the molecule is CCN(CCC#N)c1ccc(CCl)c(Br)c1. The summed E-state index contributed by atoms with van der Waals surface area (Å²) in [6.07, 6.45) is 0.544. The molecule has 0 aliphatic heterocycles. The van der Waals surface area contributed by atoms with Crippen LogP contribution >= 0.6 is 27.5 Å². The number of hydrogen-bond donors (Lipinski definition) is 0. The van der Waals surface area contributed by atoms with Crippen molar-refractivity contribution in [3.63, 3.8) is 0 Å². The van der Waals surface area contributed by atoms with Gasteiger partial charge in [-0.2, -0.15) is 5.26 Å². The molecule has 0 radical (unpaired) electrons. The predicted molar refractivity (Wildman–Crippen MR) is 71.8 cm³/mol. The molecule has 16 heavy (non-hydrogen) atoms. The van der Waals surface area contributed by atoms with Crippen molar-refractivity contribution in [1.82, 2.24) is 0 Å². The van der Waals surface area contributed by atoms with Crippen LogP contribution in [0.3, 0.4) is 0 Å². The lowest BCUT2D eigenvalue weighted by molar-refractivity contribution is 0.826. The Labute approximate surface area is 110 Å². The maximum Gasteiger partial charge on any atom is 0.0640 e. The minimum atomic E-state index is 0.505. The molecule has 1 rings (SSSR count). The maximum absolute atomic E-state index is 8.59. The molecular weight excluding hydrogens is 288 g/mol. The van der Waals surface area contributed by atoms with Crippen LogP contribution < -0.4 is 4.90 Å². The van der Waals surface area contributed by atoms with Crippen LogP contribution in [0, 0.1) is 11.3 Å². The molecule has 86 valence electrons. The molecule has 0 aliphatic carbocycles. The van der Waals surface area contributed by atoms with Gasteiger partial charge in [0.15, 0.2) is 0 Å². The first-order valence-corrected chi connectivity index (χ1v) is 6.52. The van der Waals surface area contributed by atoms with Gasteiger partial charge in [0.2, 0.25) is 0 Å². The molecule has 4 heteroatoms.